The second kappa shape index (κ2) is 6.71. The van der Waals surface area contributed by atoms with E-state index >= 15 is 0 Å². The van der Waals surface area contributed by atoms with Gasteiger partial charge in [0.25, 0.3) is 0 Å². The van der Waals surface area contributed by atoms with Crippen LogP contribution in [0, 0.1) is 17.1 Å². The van der Waals surface area contributed by atoms with Crippen LogP contribution in [0.3, 0.4) is 0 Å². The van der Waals surface area contributed by atoms with Gasteiger partial charge in [-0.25, -0.2) is 9.18 Å². The summed E-state index contributed by atoms with van der Waals surface area (Å²) in [6.45, 7) is 0.549. The maximum absolute atomic E-state index is 14.0. The first-order chi connectivity index (χ1) is 11.2. The maximum atomic E-state index is 14.0. The molecule has 1 fully saturated rings. The lowest BCUT2D eigenvalue weighted by atomic mass is 10.2. The van der Waals surface area contributed by atoms with Crippen LogP contribution in [0.15, 0.2) is 48.5 Å². The van der Waals surface area contributed by atoms with Gasteiger partial charge in [0.05, 0.1) is 11.6 Å². The highest BCUT2D eigenvalue weighted by Crippen LogP contribution is 2.39. The number of thioether (sulfide) groups is 1. The van der Waals surface area contributed by atoms with Crippen LogP contribution < -0.4 is 5.32 Å². The first-order valence-corrected chi connectivity index (χ1v) is 8.18. The molecule has 0 bridgehead atoms. The van der Waals surface area contributed by atoms with Gasteiger partial charge in [0.2, 0.25) is 0 Å². The van der Waals surface area contributed by atoms with Crippen molar-refractivity contribution in [1.82, 2.24) is 4.90 Å². The van der Waals surface area contributed by atoms with Crippen LogP contribution in [0.4, 0.5) is 14.9 Å². The number of halogens is 1. The Morgan fingerprint density at radius 1 is 1.30 bits per heavy atom. The first kappa shape index (κ1) is 15.4. The fourth-order valence-corrected chi connectivity index (χ4v) is 3.75. The molecule has 6 heteroatoms. The number of benzene rings is 2. The minimum atomic E-state index is -0.338. The summed E-state index contributed by atoms with van der Waals surface area (Å²) >= 11 is 1.54. The van der Waals surface area contributed by atoms with Gasteiger partial charge in [0.1, 0.15) is 11.2 Å². The summed E-state index contributed by atoms with van der Waals surface area (Å²) in [4.78, 5) is 14.1. The van der Waals surface area contributed by atoms with Crippen molar-refractivity contribution in [2.45, 2.75) is 5.37 Å². The number of nitriles is 1. The Bertz CT molecular complexity index is 774. The van der Waals surface area contributed by atoms with E-state index in [1.54, 1.807) is 47.4 Å². The van der Waals surface area contributed by atoms with Crippen molar-refractivity contribution in [3.63, 3.8) is 0 Å². The van der Waals surface area contributed by atoms with Gasteiger partial charge in [-0.15, -0.1) is 11.8 Å². The number of hydrogen-bond acceptors (Lipinski definition) is 3. The summed E-state index contributed by atoms with van der Waals surface area (Å²) in [6, 6.07) is 15.0. The number of nitrogens with one attached hydrogen (secondary N) is 1. The van der Waals surface area contributed by atoms with Gasteiger partial charge in [0.15, 0.2) is 0 Å². The molecule has 1 heterocycles. The number of rotatable bonds is 2. The minimum absolute atomic E-state index is 0.293. The minimum Gasteiger partial charge on any atom is -0.308 e. The van der Waals surface area contributed by atoms with Gasteiger partial charge in [-0.05, 0) is 24.3 Å². The van der Waals surface area contributed by atoms with Gasteiger partial charge in [-0.1, -0.05) is 24.3 Å². The number of anilines is 1. The number of carbonyl (C=O) groups is 1. The monoisotopic (exact) mass is 327 g/mol. The molecule has 0 radical (unpaired) electrons. The Hall–Kier alpha value is -2.52. The molecule has 0 aromatic heterocycles. The van der Waals surface area contributed by atoms with Crippen molar-refractivity contribution < 1.29 is 9.18 Å². The maximum Gasteiger partial charge on any atom is 0.323 e. The van der Waals surface area contributed by atoms with Crippen LogP contribution >= 0.6 is 11.8 Å². The van der Waals surface area contributed by atoms with Crippen molar-refractivity contribution in [2.75, 3.05) is 17.6 Å². The quantitative estimate of drug-likeness (QED) is 0.908. The van der Waals surface area contributed by atoms with Crippen molar-refractivity contribution in [3.8, 4) is 6.07 Å². The van der Waals surface area contributed by atoms with E-state index in [1.807, 2.05) is 6.07 Å². The molecule has 2 aromatic rings. The van der Waals surface area contributed by atoms with Crippen LogP contribution in [-0.4, -0.2) is 23.2 Å². The number of carbonyl (C=O) groups excluding carboxylic acids is 1. The molecule has 1 N–H and O–H groups in total. The summed E-state index contributed by atoms with van der Waals surface area (Å²) in [7, 11) is 0. The van der Waals surface area contributed by atoms with Gasteiger partial charge < -0.3 is 10.2 Å². The smallest absolute Gasteiger partial charge is 0.308 e. The molecule has 1 saturated heterocycles. The normalized spacial score (nSPS) is 16.9. The third kappa shape index (κ3) is 3.30. The SMILES string of the molecule is N#Cc1cccc(NC(=O)N2CCSC2c2ccccc2F)c1. The number of nitrogens with zero attached hydrogens (tertiary/aromatic N) is 2. The Morgan fingerprint density at radius 3 is 2.91 bits per heavy atom. The highest BCUT2D eigenvalue weighted by molar-refractivity contribution is 7.99. The lowest BCUT2D eigenvalue weighted by Gasteiger charge is -2.24. The summed E-state index contributed by atoms with van der Waals surface area (Å²) in [6.07, 6.45) is 0. The Morgan fingerprint density at radius 2 is 2.13 bits per heavy atom. The Labute approximate surface area is 137 Å². The van der Waals surface area contributed by atoms with E-state index in [-0.39, 0.29) is 17.2 Å². The molecule has 1 aliphatic heterocycles. The summed E-state index contributed by atoms with van der Waals surface area (Å²) < 4.78 is 14.0. The van der Waals surface area contributed by atoms with Crippen molar-refractivity contribution in [2.24, 2.45) is 0 Å². The van der Waals surface area contributed by atoms with E-state index in [0.29, 0.717) is 23.4 Å². The van der Waals surface area contributed by atoms with Crippen LogP contribution in [0.5, 0.6) is 0 Å². The van der Waals surface area contributed by atoms with E-state index in [2.05, 4.69) is 5.32 Å². The lowest BCUT2D eigenvalue weighted by Crippen LogP contribution is -2.34. The highest BCUT2D eigenvalue weighted by atomic mass is 32.2. The van der Waals surface area contributed by atoms with E-state index in [9.17, 15) is 9.18 Å². The number of hydrogen-bond donors (Lipinski definition) is 1. The predicted octanol–water partition coefficient (Wildman–Crippen LogP) is 3.98. The van der Waals surface area contributed by atoms with Crippen molar-refractivity contribution in [3.05, 3.63) is 65.5 Å². The molecule has 2 amide bonds. The second-order valence-electron chi connectivity index (χ2n) is 5.06. The lowest BCUT2D eigenvalue weighted by molar-refractivity contribution is 0.213. The van der Waals surface area contributed by atoms with E-state index < -0.39 is 0 Å². The summed E-state index contributed by atoms with van der Waals surface area (Å²) in [5, 5.41) is 11.4. The molecule has 1 atom stereocenters. The topological polar surface area (TPSA) is 56.1 Å². The van der Waals surface area contributed by atoms with Gasteiger partial charge in [-0.2, -0.15) is 5.26 Å². The Kier molecular flexibility index (Phi) is 4.49. The summed E-state index contributed by atoms with van der Waals surface area (Å²) in [5.41, 5.74) is 1.54. The second-order valence-corrected chi connectivity index (χ2v) is 6.25. The molecule has 3 rings (SSSR count). The summed E-state index contributed by atoms with van der Waals surface area (Å²) in [5.74, 6) is 0.446. The average molecular weight is 327 g/mol. The fraction of sp³-hybridized carbons (Fsp3) is 0.176. The third-order valence-corrected chi connectivity index (χ3v) is 4.81. The standard InChI is InChI=1S/C17H14FN3OS/c18-15-7-2-1-6-14(15)16-21(8-9-23-16)17(22)20-13-5-3-4-12(10-13)11-19/h1-7,10,16H,8-9H2,(H,20,22). The molecule has 23 heavy (non-hydrogen) atoms. The fourth-order valence-electron chi connectivity index (χ4n) is 2.47. The molecule has 4 nitrogen and oxygen atoms in total. The average Bonchev–Trinajstić information content (AvgIpc) is 3.05. The molecule has 0 spiro atoms. The molecule has 1 aliphatic rings. The van der Waals surface area contributed by atoms with Crippen LogP contribution in [-0.2, 0) is 0 Å². The molecule has 116 valence electrons. The number of urea groups is 1. The van der Waals surface area contributed by atoms with Gasteiger partial charge in [0, 0.05) is 23.5 Å². The number of amides is 2. The van der Waals surface area contributed by atoms with E-state index in [4.69, 9.17) is 5.26 Å². The third-order valence-electron chi connectivity index (χ3n) is 3.57. The molecule has 2 aromatic carbocycles. The largest absolute Gasteiger partial charge is 0.323 e. The van der Waals surface area contributed by atoms with Crippen LogP contribution in [0.25, 0.3) is 0 Å². The molecular formula is C17H14FN3OS. The zero-order chi connectivity index (χ0) is 16.2. The van der Waals surface area contributed by atoms with E-state index in [1.165, 1.54) is 17.8 Å². The molecular weight excluding hydrogens is 313 g/mol. The van der Waals surface area contributed by atoms with Crippen molar-refractivity contribution >= 4 is 23.5 Å². The first-order valence-electron chi connectivity index (χ1n) is 7.13. The molecule has 0 saturated carbocycles. The zero-order valence-electron chi connectivity index (χ0n) is 12.2. The van der Waals surface area contributed by atoms with Crippen LogP contribution in [0.2, 0.25) is 0 Å². The highest BCUT2D eigenvalue weighted by Gasteiger charge is 2.32. The molecule has 1 unspecified atom stereocenters. The van der Waals surface area contributed by atoms with E-state index in [0.717, 1.165) is 5.75 Å². The van der Waals surface area contributed by atoms with Gasteiger partial charge >= 0.3 is 6.03 Å². The predicted molar refractivity (Wildman–Crippen MR) is 88.5 cm³/mol. The molecule has 0 aliphatic carbocycles. The van der Waals surface area contributed by atoms with Crippen LogP contribution in [0.1, 0.15) is 16.5 Å². The van der Waals surface area contributed by atoms with Crippen molar-refractivity contribution in [1.29, 1.82) is 5.26 Å². The zero-order valence-corrected chi connectivity index (χ0v) is 13.0. The van der Waals surface area contributed by atoms with Gasteiger partial charge in [-0.3, -0.25) is 0 Å². The Balaban J connectivity index is 1.78.